The topological polar surface area (TPSA) is 0 Å². The zero-order valence-corrected chi connectivity index (χ0v) is 6.13. The van der Waals surface area contributed by atoms with E-state index in [-0.39, 0.29) is 14.6 Å². The molecule has 0 aliphatic carbocycles. The molecule has 1 heterocycles. The van der Waals surface area contributed by atoms with Gasteiger partial charge in [0, 0.05) is 0 Å². The van der Waals surface area contributed by atoms with Gasteiger partial charge in [-0.05, 0) is 0 Å². The van der Waals surface area contributed by atoms with Crippen molar-refractivity contribution in [1.29, 1.82) is 0 Å². The zero-order valence-electron chi connectivity index (χ0n) is 3.22. The SMILES string of the molecule is C1=CS[AsH]C=C1. The Morgan fingerprint density at radius 2 is 2.33 bits per heavy atom. The Morgan fingerprint density at radius 3 is 2.50 bits per heavy atom. The number of hydrogen-bond acceptors (Lipinski definition) is 1. The molecule has 0 bridgehead atoms. The van der Waals surface area contributed by atoms with Crippen LogP contribution in [-0.4, -0.2) is 14.6 Å². The number of hydrogen-bond donors (Lipinski definition) is 0. The van der Waals surface area contributed by atoms with Crippen molar-refractivity contribution in [2.75, 3.05) is 0 Å². The molecule has 1 aliphatic rings. The molecule has 0 radical (unpaired) electrons. The van der Waals surface area contributed by atoms with E-state index in [9.17, 15) is 0 Å². The molecule has 0 aromatic carbocycles. The molecule has 0 saturated carbocycles. The van der Waals surface area contributed by atoms with E-state index in [1.165, 1.54) is 0 Å². The predicted octanol–water partition coefficient (Wildman–Crippen LogP) is 1.11. The average Bonchev–Trinajstić information content (AvgIpc) is 1.72. The van der Waals surface area contributed by atoms with Crippen molar-refractivity contribution < 1.29 is 0 Å². The molecule has 0 aromatic heterocycles. The quantitative estimate of drug-likeness (QED) is 0.478. The number of allylic oxidation sites excluding steroid dienone is 2. The van der Waals surface area contributed by atoms with Crippen molar-refractivity contribution in [2.24, 2.45) is 0 Å². The van der Waals surface area contributed by atoms with Crippen LogP contribution >= 0.6 is 10.0 Å². The van der Waals surface area contributed by atoms with Crippen LogP contribution in [0.1, 0.15) is 0 Å². The van der Waals surface area contributed by atoms with Gasteiger partial charge in [0.2, 0.25) is 0 Å². The van der Waals surface area contributed by atoms with Gasteiger partial charge < -0.3 is 0 Å². The van der Waals surface area contributed by atoms with Gasteiger partial charge >= 0.3 is 47.0 Å². The molecule has 2 heteroatoms. The summed E-state index contributed by atoms with van der Waals surface area (Å²) in [6.07, 6.45) is 4.20. The van der Waals surface area contributed by atoms with E-state index in [4.69, 9.17) is 0 Å². The molecule has 0 amide bonds. The van der Waals surface area contributed by atoms with Crippen molar-refractivity contribution in [1.82, 2.24) is 0 Å². The molecule has 0 N–H and O–H groups in total. The van der Waals surface area contributed by atoms with Crippen LogP contribution in [0.5, 0.6) is 0 Å². The second-order valence-electron chi connectivity index (χ2n) is 0.923. The minimum atomic E-state index is 0.257. The van der Waals surface area contributed by atoms with E-state index in [0.29, 0.717) is 0 Å². The minimum absolute atomic E-state index is 0.257. The van der Waals surface area contributed by atoms with Gasteiger partial charge in [-0.1, -0.05) is 0 Å². The van der Waals surface area contributed by atoms with Crippen molar-refractivity contribution in [2.45, 2.75) is 0 Å². The third kappa shape index (κ3) is 1.23. The van der Waals surface area contributed by atoms with Crippen molar-refractivity contribution in [3.8, 4) is 0 Å². The Labute approximate surface area is 47.4 Å². The Morgan fingerprint density at radius 1 is 1.33 bits per heavy atom. The van der Waals surface area contributed by atoms with Crippen LogP contribution in [0.25, 0.3) is 0 Å². The van der Waals surface area contributed by atoms with Crippen LogP contribution in [0, 0.1) is 0 Å². The summed E-state index contributed by atoms with van der Waals surface area (Å²) in [4.78, 5) is 2.27. The monoisotopic (exact) mass is 160 g/mol. The summed E-state index contributed by atoms with van der Waals surface area (Å²) in [5.74, 6) is 0. The van der Waals surface area contributed by atoms with Gasteiger partial charge in [-0.15, -0.1) is 0 Å². The summed E-state index contributed by atoms with van der Waals surface area (Å²) >= 11 is 0.257. The van der Waals surface area contributed by atoms with Crippen LogP contribution in [0.3, 0.4) is 0 Å². The van der Waals surface area contributed by atoms with E-state index in [1.54, 1.807) is 0 Å². The summed E-state index contributed by atoms with van der Waals surface area (Å²) in [5, 5.41) is 2.15. The molecule has 0 aromatic rings. The standard InChI is InChI=1S/C4H5AsS/c1-2-4-6-5-3-1/h1-5H. The average molecular weight is 160 g/mol. The van der Waals surface area contributed by atoms with E-state index in [1.807, 2.05) is 10.0 Å². The molecule has 0 fully saturated rings. The first kappa shape index (κ1) is 4.54. The molecule has 1 rings (SSSR count). The van der Waals surface area contributed by atoms with Gasteiger partial charge in [0.15, 0.2) is 0 Å². The molecule has 0 nitrogen and oxygen atoms in total. The Hall–Kier alpha value is 0.388. The van der Waals surface area contributed by atoms with Crippen molar-refractivity contribution >= 4 is 24.6 Å². The van der Waals surface area contributed by atoms with Gasteiger partial charge in [0.25, 0.3) is 0 Å². The third-order valence-electron chi connectivity index (χ3n) is 0.490. The third-order valence-corrected chi connectivity index (χ3v) is 4.03. The van der Waals surface area contributed by atoms with Gasteiger partial charge in [-0.3, -0.25) is 0 Å². The van der Waals surface area contributed by atoms with Gasteiger partial charge in [-0.2, -0.15) is 0 Å². The van der Waals surface area contributed by atoms with E-state index < -0.39 is 0 Å². The van der Waals surface area contributed by atoms with Crippen LogP contribution in [0.2, 0.25) is 0 Å². The summed E-state index contributed by atoms with van der Waals surface area (Å²) in [7, 11) is 1.95. The van der Waals surface area contributed by atoms with Gasteiger partial charge in [-0.25, -0.2) is 0 Å². The van der Waals surface area contributed by atoms with Crippen LogP contribution in [0.4, 0.5) is 0 Å². The van der Waals surface area contributed by atoms with Crippen LogP contribution in [0.15, 0.2) is 22.4 Å². The summed E-state index contributed by atoms with van der Waals surface area (Å²) in [5.41, 5.74) is 0. The normalized spacial score (nSPS) is 22.7. The molecular weight excluding hydrogens is 155 g/mol. The molecule has 1 aliphatic heterocycles. The fourth-order valence-corrected chi connectivity index (χ4v) is 2.87. The molecule has 1 unspecified atom stereocenters. The van der Waals surface area contributed by atoms with Crippen molar-refractivity contribution in [3.63, 3.8) is 0 Å². The first-order chi connectivity index (χ1) is 3.00. The Balaban J connectivity index is 2.46. The van der Waals surface area contributed by atoms with Gasteiger partial charge in [0.05, 0.1) is 0 Å². The Bertz CT molecular complexity index is 73.5. The molecular formula is C4H5AsS. The molecule has 1 atom stereocenters. The van der Waals surface area contributed by atoms with E-state index in [0.717, 1.165) is 0 Å². The number of rotatable bonds is 0. The van der Waals surface area contributed by atoms with E-state index >= 15 is 0 Å². The fraction of sp³-hybridized carbons (Fsp3) is 0. The molecule has 6 heavy (non-hydrogen) atoms. The van der Waals surface area contributed by atoms with Crippen molar-refractivity contribution in [3.05, 3.63) is 22.4 Å². The van der Waals surface area contributed by atoms with Gasteiger partial charge in [0.1, 0.15) is 0 Å². The maximum atomic E-state index is 2.27. The van der Waals surface area contributed by atoms with Crippen LogP contribution in [-0.2, 0) is 0 Å². The Kier molecular flexibility index (Phi) is 1.93. The van der Waals surface area contributed by atoms with E-state index in [2.05, 4.69) is 22.4 Å². The molecule has 0 spiro atoms. The summed E-state index contributed by atoms with van der Waals surface area (Å²) in [6.45, 7) is 0. The first-order valence-corrected chi connectivity index (χ1v) is 6.39. The summed E-state index contributed by atoms with van der Waals surface area (Å²) < 4.78 is 0. The molecule has 0 saturated heterocycles. The predicted molar refractivity (Wildman–Crippen MR) is 33.0 cm³/mol. The summed E-state index contributed by atoms with van der Waals surface area (Å²) in [6, 6.07) is 0. The molecule has 32 valence electrons. The van der Waals surface area contributed by atoms with Crippen LogP contribution < -0.4 is 0 Å². The first-order valence-electron chi connectivity index (χ1n) is 1.73. The maximum absolute atomic E-state index is 2.27. The second kappa shape index (κ2) is 2.54. The fourth-order valence-electron chi connectivity index (χ4n) is 0.258. The zero-order chi connectivity index (χ0) is 4.24. The second-order valence-corrected chi connectivity index (χ2v) is 5.33.